The molecule has 3 nitrogen and oxygen atoms in total. The van der Waals surface area contributed by atoms with Crippen LogP contribution in [-0.4, -0.2) is 25.6 Å². The van der Waals surface area contributed by atoms with Gasteiger partial charge in [-0.05, 0) is 32.4 Å². The lowest BCUT2D eigenvalue weighted by Crippen LogP contribution is -2.25. The van der Waals surface area contributed by atoms with E-state index >= 15 is 0 Å². The van der Waals surface area contributed by atoms with Crippen molar-refractivity contribution in [3.8, 4) is 5.75 Å². The van der Waals surface area contributed by atoms with Crippen LogP contribution in [0.5, 0.6) is 5.75 Å². The van der Waals surface area contributed by atoms with E-state index < -0.39 is 0 Å². The molecule has 0 amide bonds. The molecular weight excluding hydrogens is 228 g/mol. The minimum absolute atomic E-state index is 0.0132. The molecule has 0 radical (unpaired) electrons. The van der Waals surface area contributed by atoms with Crippen LogP contribution in [0.15, 0.2) is 18.2 Å². The normalized spacial score (nSPS) is 12.2. The predicted octanol–water partition coefficient (Wildman–Crippen LogP) is 3.39. The quantitative estimate of drug-likeness (QED) is 0.696. The standard InChI is InChI=1S/C15H22O3/c1-5-7-14(18-6-2)15(16)12-10-11(3)8-9-13(12)17-4/h8-10,14H,5-7H2,1-4H3. The molecule has 100 valence electrons. The van der Waals surface area contributed by atoms with Crippen molar-refractivity contribution in [2.75, 3.05) is 13.7 Å². The zero-order valence-electron chi connectivity index (χ0n) is 11.7. The molecule has 0 saturated heterocycles. The van der Waals surface area contributed by atoms with Crippen LogP contribution in [-0.2, 0) is 4.74 Å². The molecule has 0 aliphatic heterocycles. The summed E-state index contributed by atoms with van der Waals surface area (Å²) in [7, 11) is 1.58. The number of ketones is 1. The first kappa shape index (κ1) is 14.7. The third-order valence-electron chi connectivity index (χ3n) is 2.83. The molecule has 0 aromatic heterocycles. The Balaban J connectivity index is 3.02. The summed E-state index contributed by atoms with van der Waals surface area (Å²) < 4.78 is 10.8. The number of methoxy groups -OCH3 is 1. The largest absolute Gasteiger partial charge is 0.496 e. The summed E-state index contributed by atoms with van der Waals surface area (Å²) in [5.41, 5.74) is 1.66. The summed E-state index contributed by atoms with van der Waals surface area (Å²) in [5, 5.41) is 0. The van der Waals surface area contributed by atoms with Crippen LogP contribution in [0.1, 0.15) is 42.6 Å². The zero-order valence-corrected chi connectivity index (χ0v) is 11.7. The van der Waals surface area contributed by atoms with E-state index in [0.29, 0.717) is 17.9 Å². The van der Waals surface area contributed by atoms with Crippen LogP contribution in [0.25, 0.3) is 0 Å². The van der Waals surface area contributed by atoms with Crippen molar-refractivity contribution < 1.29 is 14.3 Å². The maximum Gasteiger partial charge on any atom is 0.195 e. The topological polar surface area (TPSA) is 35.5 Å². The zero-order chi connectivity index (χ0) is 13.5. The second-order valence-electron chi connectivity index (χ2n) is 4.30. The van der Waals surface area contributed by atoms with E-state index in [1.165, 1.54) is 0 Å². The Kier molecular flexibility index (Phi) is 5.86. The highest BCUT2D eigenvalue weighted by Crippen LogP contribution is 2.23. The van der Waals surface area contributed by atoms with Gasteiger partial charge in [-0.25, -0.2) is 0 Å². The lowest BCUT2D eigenvalue weighted by atomic mass is 10.00. The first-order valence-corrected chi connectivity index (χ1v) is 6.44. The molecule has 3 heteroatoms. The number of rotatable bonds is 7. The lowest BCUT2D eigenvalue weighted by Gasteiger charge is -2.17. The molecule has 0 N–H and O–H groups in total. The molecule has 1 rings (SSSR count). The smallest absolute Gasteiger partial charge is 0.195 e. The van der Waals surface area contributed by atoms with Crippen molar-refractivity contribution in [3.05, 3.63) is 29.3 Å². The number of hydrogen-bond acceptors (Lipinski definition) is 3. The number of carbonyl (C=O) groups is 1. The average molecular weight is 250 g/mol. The SMILES string of the molecule is CCCC(OCC)C(=O)c1cc(C)ccc1OC. The highest BCUT2D eigenvalue weighted by molar-refractivity contribution is 6.02. The number of aryl methyl sites for hydroxylation is 1. The number of Topliss-reactive ketones (excluding diaryl/α,β-unsaturated/α-hetero) is 1. The van der Waals surface area contributed by atoms with Gasteiger partial charge in [0, 0.05) is 6.61 Å². The van der Waals surface area contributed by atoms with Gasteiger partial charge in [0.05, 0.1) is 12.7 Å². The van der Waals surface area contributed by atoms with Gasteiger partial charge in [0.25, 0.3) is 0 Å². The Morgan fingerprint density at radius 2 is 2.06 bits per heavy atom. The van der Waals surface area contributed by atoms with Crippen molar-refractivity contribution in [3.63, 3.8) is 0 Å². The van der Waals surface area contributed by atoms with Gasteiger partial charge in [0.1, 0.15) is 11.9 Å². The summed E-state index contributed by atoms with van der Waals surface area (Å²) in [6, 6.07) is 5.63. The fourth-order valence-electron chi connectivity index (χ4n) is 1.94. The molecule has 0 heterocycles. The Hall–Kier alpha value is -1.35. The second kappa shape index (κ2) is 7.17. The summed E-state index contributed by atoms with van der Waals surface area (Å²) in [6.07, 6.45) is 1.30. The third kappa shape index (κ3) is 3.57. The molecule has 0 aliphatic carbocycles. The minimum Gasteiger partial charge on any atom is -0.496 e. The molecule has 1 atom stereocenters. The summed E-state index contributed by atoms with van der Waals surface area (Å²) >= 11 is 0. The van der Waals surface area contributed by atoms with Gasteiger partial charge in [-0.2, -0.15) is 0 Å². The maximum atomic E-state index is 12.5. The molecule has 18 heavy (non-hydrogen) atoms. The summed E-state index contributed by atoms with van der Waals surface area (Å²) in [6.45, 7) is 6.46. The molecule has 0 spiro atoms. The van der Waals surface area contributed by atoms with Crippen molar-refractivity contribution in [1.29, 1.82) is 0 Å². The van der Waals surface area contributed by atoms with Gasteiger partial charge >= 0.3 is 0 Å². The predicted molar refractivity (Wildman–Crippen MR) is 72.4 cm³/mol. The number of carbonyl (C=O) groups excluding carboxylic acids is 1. The second-order valence-corrected chi connectivity index (χ2v) is 4.30. The fourth-order valence-corrected chi connectivity index (χ4v) is 1.94. The van der Waals surface area contributed by atoms with Crippen LogP contribution >= 0.6 is 0 Å². The maximum absolute atomic E-state index is 12.5. The van der Waals surface area contributed by atoms with Gasteiger partial charge in [-0.1, -0.05) is 25.0 Å². The molecule has 0 aliphatic rings. The van der Waals surface area contributed by atoms with Crippen molar-refractivity contribution in [2.24, 2.45) is 0 Å². The third-order valence-corrected chi connectivity index (χ3v) is 2.83. The van der Waals surface area contributed by atoms with Crippen LogP contribution in [0.2, 0.25) is 0 Å². The van der Waals surface area contributed by atoms with Crippen LogP contribution in [0, 0.1) is 6.92 Å². The van der Waals surface area contributed by atoms with E-state index in [2.05, 4.69) is 0 Å². The van der Waals surface area contributed by atoms with Gasteiger partial charge in [0.2, 0.25) is 0 Å². The van der Waals surface area contributed by atoms with Gasteiger partial charge in [-0.15, -0.1) is 0 Å². The van der Waals surface area contributed by atoms with E-state index in [1.54, 1.807) is 7.11 Å². The lowest BCUT2D eigenvalue weighted by molar-refractivity contribution is 0.0420. The molecule has 0 saturated carbocycles. The van der Waals surface area contributed by atoms with Crippen LogP contribution < -0.4 is 4.74 Å². The van der Waals surface area contributed by atoms with E-state index in [1.807, 2.05) is 39.0 Å². The van der Waals surface area contributed by atoms with E-state index in [9.17, 15) is 4.79 Å². The minimum atomic E-state index is -0.365. The molecule has 1 unspecified atom stereocenters. The first-order chi connectivity index (χ1) is 8.63. The van der Waals surface area contributed by atoms with E-state index in [-0.39, 0.29) is 11.9 Å². The van der Waals surface area contributed by atoms with Gasteiger partial charge < -0.3 is 9.47 Å². The Morgan fingerprint density at radius 3 is 2.61 bits per heavy atom. The molecule has 0 fully saturated rings. The Bertz CT molecular complexity index is 393. The van der Waals surface area contributed by atoms with Crippen molar-refractivity contribution >= 4 is 5.78 Å². The fraction of sp³-hybridized carbons (Fsp3) is 0.533. The number of hydrogen-bond donors (Lipinski definition) is 0. The average Bonchev–Trinajstić information content (AvgIpc) is 2.37. The Labute approximate surface area is 109 Å². The molecule has 1 aromatic carbocycles. The highest BCUT2D eigenvalue weighted by atomic mass is 16.5. The summed E-state index contributed by atoms with van der Waals surface area (Å²) in [5.74, 6) is 0.630. The monoisotopic (exact) mass is 250 g/mol. The Morgan fingerprint density at radius 1 is 1.33 bits per heavy atom. The highest BCUT2D eigenvalue weighted by Gasteiger charge is 2.22. The number of benzene rings is 1. The van der Waals surface area contributed by atoms with E-state index in [4.69, 9.17) is 9.47 Å². The van der Waals surface area contributed by atoms with E-state index in [0.717, 1.165) is 18.4 Å². The van der Waals surface area contributed by atoms with Crippen molar-refractivity contribution in [2.45, 2.75) is 39.7 Å². The number of ether oxygens (including phenoxy) is 2. The van der Waals surface area contributed by atoms with Gasteiger partial charge in [0.15, 0.2) is 5.78 Å². The molecule has 1 aromatic rings. The van der Waals surface area contributed by atoms with Crippen LogP contribution in [0.3, 0.4) is 0 Å². The van der Waals surface area contributed by atoms with Gasteiger partial charge in [-0.3, -0.25) is 4.79 Å². The summed E-state index contributed by atoms with van der Waals surface area (Å²) in [4.78, 5) is 12.5. The van der Waals surface area contributed by atoms with Crippen molar-refractivity contribution in [1.82, 2.24) is 0 Å². The molecular formula is C15H22O3. The molecule has 0 bridgehead atoms. The van der Waals surface area contributed by atoms with Crippen LogP contribution in [0.4, 0.5) is 0 Å². The first-order valence-electron chi connectivity index (χ1n) is 6.44.